The SMILES string of the molecule is CCN1CCN(c2ccc(NC(=O)c3ccc(OC)cc3)cn2)CC1. The van der Waals surface area contributed by atoms with E-state index in [1.807, 2.05) is 12.1 Å². The summed E-state index contributed by atoms with van der Waals surface area (Å²) in [7, 11) is 1.60. The number of benzene rings is 1. The Morgan fingerprint density at radius 2 is 1.84 bits per heavy atom. The lowest BCUT2D eigenvalue weighted by atomic mass is 10.2. The number of amides is 1. The Hall–Kier alpha value is -2.60. The van der Waals surface area contributed by atoms with Crippen LogP contribution in [0.2, 0.25) is 0 Å². The van der Waals surface area contributed by atoms with E-state index < -0.39 is 0 Å². The lowest BCUT2D eigenvalue weighted by molar-refractivity contribution is 0.102. The van der Waals surface area contributed by atoms with Gasteiger partial charge < -0.3 is 19.9 Å². The van der Waals surface area contributed by atoms with Crippen LogP contribution in [0.4, 0.5) is 11.5 Å². The predicted molar refractivity (Wildman–Crippen MR) is 99.5 cm³/mol. The molecule has 6 nitrogen and oxygen atoms in total. The molecule has 1 aliphatic rings. The van der Waals surface area contributed by atoms with Crippen molar-refractivity contribution in [3.05, 3.63) is 48.2 Å². The molecular formula is C19H24N4O2. The van der Waals surface area contributed by atoms with Crippen LogP contribution in [0.3, 0.4) is 0 Å². The Labute approximate surface area is 148 Å². The molecule has 25 heavy (non-hydrogen) atoms. The molecule has 1 aromatic carbocycles. The fraction of sp³-hybridized carbons (Fsp3) is 0.368. The molecule has 1 saturated heterocycles. The molecule has 1 amide bonds. The number of piperazine rings is 1. The van der Waals surface area contributed by atoms with Crippen LogP contribution < -0.4 is 15.0 Å². The molecule has 0 atom stereocenters. The predicted octanol–water partition coefficient (Wildman–Crippen LogP) is 2.48. The zero-order chi connectivity index (χ0) is 17.6. The van der Waals surface area contributed by atoms with E-state index in [1.165, 1.54) is 0 Å². The van der Waals surface area contributed by atoms with Gasteiger partial charge in [0.25, 0.3) is 5.91 Å². The number of carbonyl (C=O) groups excluding carboxylic acids is 1. The van der Waals surface area contributed by atoms with Gasteiger partial charge in [0.15, 0.2) is 0 Å². The minimum Gasteiger partial charge on any atom is -0.497 e. The van der Waals surface area contributed by atoms with Gasteiger partial charge in [0.2, 0.25) is 0 Å². The molecule has 2 heterocycles. The summed E-state index contributed by atoms with van der Waals surface area (Å²) in [6.07, 6.45) is 1.71. The molecule has 0 bridgehead atoms. The largest absolute Gasteiger partial charge is 0.497 e. The summed E-state index contributed by atoms with van der Waals surface area (Å²) in [5, 5.41) is 2.87. The Morgan fingerprint density at radius 1 is 1.12 bits per heavy atom. The molecule has 0 aliphatic carbocycles. The van der Waals surface area contributed by atoms with Crippen LogP contribution in [0.5, 0.6) is 5.75 Å². The molecule has 6 heteroatoms. The van der Waals surface area contributed by atoms with Crippen molar-refractivity contribution in [3.8, 4) is 5.75 Å². The fourth-order valence-corrected chi connectivity index (χ4v) is 2.89. The fourth-order valence-electron chi connectivity index (χ4n) is 2.89. The van der Waals surface area contributed by atoms with Crippen molar-refractivity contribution in [3.63, 3.8) is 0 Å². The van der Waals surface area contributed by atoms with Crippen molar-refractivity contribution in [2.45, 2.75) is 6.92 Å². The molecule has 132 valence electrons. The smallest absolute Gasteiger partial charge is 0.255 e. The van der Waals surface area contributed by atoms with Crippen LogP contribution >= 0.6 is 0 Å². The van der Waals surface area contributed by atoms with E-state index in [2.05, 4.69) is 27.0 Å². The maximum atomic E-state index is 12.3. The molecule has 0 spiro atoms. The van der Waals surface area contributed by atoms with Crippen LogP contribution in [0, 0.1) is 0 Å². The third kappa shape index (κ3) is 4.28. The second-order valence-corrected chi connectivity index (χ2v) is 6.01. The minimum atomic E-state index is -0.159. The highest BCUT2D eigenvalue weighted by Crippen LogP contribution is 2.17. The number of hydrogen-bond acceptors (Lipinski definition) is 5. The Morgan fingerprint density at radius 3 is 2.40 bits per heavy atom. The first kappa shape index (κ1) is 17.2. The van der Waals surface area contributed by atoms with Gasteiger partial charge in [-0.15, -0.1) is 0 Å². The number of methoxy groups -OCH3 is 1. The van der Waals surface area contributed by atoms with E-state index in [0.29, 0.717) is 11.3 Å². The van der Waals surface area contributed by atoms with Gasteiger partial charge in [0.05, 0.1) is 19.0 Å². The number of pyridine rings is 1. The van der Waals surface area contributed by atoms with Crippen molar-refractivity contribution >= 4 is 17.4 Å². The summed E-state index contributed by atoms with van der Waals surface area (Å²) >= 11 is 0. The number of carbonyl (C=O) groups is 1. The molecular weight excluding hydrogens is 316 g/mol. The van der Waals surface area contributed by atoms with E-state index in [0.717, 1.165) is 44.3 Å². The summed E-state index contributed by atoms with van der Waals surface area (Å²) in [5.74, 6) is 1.53. The number of hydrogen-bond donors (Lipinski definition) is 1. The van der Waals surface area contributed by atoms with E-state index in [-0.39, 0.29) is 5.91 Å². The van der Waals surface area contributed by atoms with Gasteiger partial charge in [-0.05, 0) is 42.9 Å². The maximum absolute atomic E-state index is 12.3. The lowest BCUT2D eigenvalue weighted by Crippen LogP contribution is -2.46. The first-order valence-electron chi connectivity index (χ1n) is 8.58. The van der Waals surface area contributed by atoms with Crippen molar-refractivity contribution in [2.24, 2.45) is 0 Å². The molecule has 0 unspecified atom stereocenters. The normalized spacial score (nSPS) is 15.0. The van der Waals surface area contributed by atoms with Crippen molar-refractivity contribution in [1.82, 2.24) is 9.88 Å². The number of aromatic nitrogens is 1. The number of nitrogens with one attached hydrogen (secondary N) is 1. The lowest BCUT2D eigenvalue weighted by Gasteiger charge is -2.34. The standard InChI is InChI=1S/C19H24N4O2/c1-3-22-10-12-23(13-11-22)18-9-6-16(14-20-18)21-19(24)15-4-7-17(25-2)8-5-15/h4-9,14H,3,10-13H2,1-2H3,(H,21,24). The van der Waals surface area contributed by atoms with Crippen molar-refractivity contribution in [1.29, 1.82) is 0 Å². The quantitative estimate of drug-likeness (QED) is 0.906. The molecule has 2 aromatic rings. The highest BCUT2D eigenvalue weighted by atomic mass is 16.5. The highest BCUT2D eigenvalue weighted by Gasteiger charge is 2.16. The average Bonchev–Trinajstić information content (AvgIpc) is 2.68. The van der Waals surface area contributed by atoms with Crippen molar-refractivity contribution < 1.29 is 9.53 Å². The molecule has 1 aromatic heterocycles. The average molecular weight is 340 g/mol. The highest BCUT2D eigenvalue weighted by molar-refractivity contribution is 6.04. The van der Waals surface area contributed by atoms with E-state index in [9.17, 15) is 4.79 Å². The van der Waals surface area contributed by atoms with Gasteiger partial charge in [-0.25, -0.2) is 4.98 Å². The Bertz CT molecular complexity index is 692. The van der Waals surface area contributed by atoms with Gasteiger partial charge in [-0.3, -0.25) is 4.79 Å². The zero-order valence-corrected chi connectivity index (χ0v) is 14.7. The number of anilines is 2. The van der Waals surface area contributed by atoms with Crippen molar-refractivity contribution in [2.75, 3.05) is 50.1 Å². The maximum Gasteiger partial charge on any atom is 0.255 e. The number of rotatable bonds is 5. The third-order valence-corrected chi connectivity index (χ3v) is 4.50. The van der Waals surface area contributed by atoms with E-state index >= 15 is 0 Å². The molecule has 0 saturated carbocycles. The summed E-state index contributed by atoms with van der Waals surface area (Å²) in [6, 6.07) is 10.9. The molecule has 1 fully saturated rings. The monoisotopic (exact) mass is 340 g/mol. The number of likely N-dealkylation sites (N-methyl/N-ethyl adjacent to an activating group) is 1. The van der Waals surface area contributed by atoms with Gasteiger partial charge in [0, 0.05) is 31.7 Å². The summed E-state index contributed by atoms with van der Waals surface area (Å²) in [4.78, 5) is 21.5. The summed E-state index contributed by atoms with van der Waals surface area (Å²) in [5.41, 5.74) is 1.28. The topological polar surface area (TPSA) is 57.7 Å². The molecule has 0 radical (unpaired) electrons. The number of nitrogens with zero attached hydrogens (tertiary/aromatic N) is 3. The Balaban J connectivity index is 1.59. The second-order valence-electron chi connectivity index (χ2n) is 6.01. The van der Waals surface area contributed by atoms with Crippen LogP contribution in [0.25, 0.3) is 0 Å². The second kappa shape index (κ2) is 7.98. The van der Waals surface area contributed by atoms with Gasteiger partial charge >= 0.3 is 0 Å². The van der Waals surface area contributed by atoms with Crippen LogP contribution in [-0.2, 0) is 0 Å². The van der Waals surface area contributed by atoms with E-state index in [4.69, 9.17) is 4.74 Å². The zero-order valence-electron chi connectivity index (χ0n) is 14.7. The van der Waals surface area contributed by atoms with Gasteiger partial charge in [0.1, 0.15) is 11.6 Å². The summed E-state index contributed by atoms with van der Waals surface area (Å²) in [6.45, 7) is 7.38. The minimum absolute atomic E-state index is 0.159. The number of ether oxygens (including phenoxy) is 1. The van der Waals surface area contributed by atoms with Gasteiger partial charge in [-0.2, -0.15) is 0 Å². The first-order valence-corrected chi connectivity index (χ1v) is 8.58. The third-order valence-electron chi connectivity index (χ3n) is 4.50. The van der Waals surface area contributed by atoms with Crippen LogP contribution in [0.15, 0.2) is 42.6 Å². The van der Waals surface area contributed by atoms with Crippen LogP contribution in [-0.4, -0.2) is 55.6 Å². The molecule has 3 rings (SSSR count). The molecule has 1 aliphatic heterocycles. The van der Waals surface area contributed by atoms with Gasteiger partial charge in [-0.1, -0.05) is 6.92 Å². The van der Waals surface area contributed by atoms with E-state index in [1.54, 1.807) is 37.6 Å². The summed E-state index contributed by atoms with van der Waals surface area (Å²) < 4.78 is 5.10. The van der Waals surface area contributed by atoms with Crippen LogP contribution in [0.1, 0.15) is 17.3 Å². The molecule has 1 N–H and O–H groups in total. The Kier molecular flexibility index (Phi) is 5.50. The first-order chi connectivity index (χ1) is 12.2.